The molecule has 2 aromatic heterocycles. The molecule has 168 valence electrons. The number of fused-ring (bicyclic) bond motifs is 3. The minimum Gasteiger partial charge on any atom is -0.465 e. The summed E-state index contributed by atoms with van der Waals surface area (Å²) in [5.41, 5.74) is -0.175. The molecule has 2 aliphatic rings. The Kier molecular flexibility index (Phi) is 5.13. The summed E-state index contributed by atoms with van der Waals surface area (Å²) in [6.07, 6.45) is 4.51. The van der Waals surface area contributed by atoms with Gasteiger partial charge in [-0.15, -0.1) is 0 Å². The standard InChI is InChI=1S/C21H27ClN4O4S/c1-20(2,3)21-6-5-13(26(21)19(27)28)7-12(10-21)24-18-15-8-14(31(4,29)30)11-23-16(15)9-17(22)25-18/h8-9,11-13H,5-7,10H2,1-4H3,(H,24,25)(H,27,28)/t12-,13-,21+/m0/s1. The molecule has 8 nitrogen and oxygen atoms in total. The molecule has 0 unspecified atom stereocenters. The Balaban J connectivity index is 1.74. The predicted octanol–water partition coefficient (Wildman–Crippen LogP) is 4.19. The smallest absolute Gasteiger partial charge is 0.408 e. The Morgan fingerprint density at radius 3 is 2.68 bits per heavy atom. The first-order chi connectivity index (χ1) is 14.3. The van der Waals surface area contributed by atoms with Crippen LogP contribution in [-0.2, 0) is 9.84 Å². The molecule has 1 amide bonds. The zero-order valence-electron chi connectivity index (χ0n) is 18.0. The van der Waals surface area contributed by atoms with Crippen molar-refractivity contribution in [3.05, 3.63) is 23.5 Å². The summed E-state index contributed by atoms with van der Waals surface area (Å²) in [6, 6.07) is 3.06. The third kappa shape index (κ3) is 3.71. The number of hydrogen-bond donors (Lipinski definition) is 2. The van der Waals surface area contributed by atoms with Crippen LogP contribution in [0.1, 0.15) is 46.5 Å². The lowest BCUT2D eigenvalue weighted by Gasteiger charge is -2.53. The number of sulfone groups is 1. The molecule has 0 aromatic carbocycles. The van der Waals surface area contributed by atoms with Crippen molar-refractivity contribution in [2.75, 3.05) is 11.6 Å². The van der Waals surface area contributed by atoms with Gasteiger partial charge in [-0.1, -0.05) is 32.4 Å². The summed E-state index contributed by atoms with van der Waals surface area (Å²) >= 11 is 6.21. The lowest BCUT2D eigenvalue weighted by molar-refractivity contribution is -0.0175. The van der Waals surface area contributed by atoms with Crippen molar-refractivity contribution >= 4 is 44.3 Å². The first-order valence-electron chi connectivity index (χ1n) is 10.3. The third-order valence-electron chi connectivity index (χ3n) is 6.85. The zero-order chi connectivity index (χ0) is 22.8. The van der Waals surface area contributed by atoms with E-state index in [0.29, 0.717) is 29.6 Å². The molecule has 2 aliphatic heterocycles. The van der Waals surface area contributed by atoms with Crippen LogP contribution in [0, 0.1) is 5.41 Å². The fourth-order valence-corrected chi connectivity index (χ4v) is 6.08. The Labute approximate surface area is 186 Å². The van der Waals surface area contributed by atoms with E-state index in [1.807, 2.05) is 0 Å². The fourth-order valence-electron chi connectivity index (χ4n) is 5.32. The van der Waals surface area contributed by atoms with Gasteiger partial charge in [0, 0.05) is 36.0 Å². The average molecular weight is 467 g/mol. The van der Waals surface area contributed by atoms with E-state index in [0.717, 1.165) is 19.1 Å². The van der Waals surface area contributed by atoms with Crippen LogP contribution >= 0.6 is 11.6 Å². The quantitative estimate of drug-likeness (QED) is 0.652. The van der Waals surface area contributed by atoms with Gasteiger partial charge in [0.25, 0.3) is 0 Å². The van der Waals surface area contributed by atoms with Crippen molar-refractivity contribution in [1.29, 1.82) is 0 Å². The van der Waals surface area contributed by atoms with Crippen molar-refractivity contribution in [2.45, 2.75) is 69.0 Å². The lowest BCUT2D eigenvalue weighted by atomic mass is 9.67. The van der Waals surface area contributed by atoms with Gasteiger partial charge in [0.1, 0.15) is 11.0 Å². The van der Waals surface area contributed by atoms with Crippen molar-refractivity contribution in [1.82, 2.24) is 14.9 Å². The van der Waals surface area contributed by atoms with Gasteiger partial charge in [0.15, 0.2) is 9.84 Å². The SMILES string of the molecule is CC(C)(C)[C@@]12CC[C@@H](C[C@H](Nc3nc(Cl)cc4ncc(S(C)(=O)=O)cc34)C1)N2C(=O)O. The second-order valence-electron chi connectivity index (χ2n) is 9.71. The molecule has 31 heavy (non-hydrogen) atoms. The molecule has 10 heteroatoms. The molecule has 0 saturated carbocycles. The highest BCUT2D eigenvalue weighted by molar-refractivity contribution is 7.90. The molecular formula is C21H27ClN4O4S. The van der Waals surface area contributed by atoms with Gasteiger partial charge < -0.3 is 10.4 Å². The maximum Gasteiger partial charge on any atom is 0.408 e. The highest BCUT2D eigenvalue weighted by Gasteiger charge is 2.59. The monoisotopic (exact) mass is 466 g/mol. The first kappa shape index (κ1) is 22.1. The van der Waals surface area contributed by atoms with E-state index in [1.165, 1.54) is 6.20 Å². The summed E-state index contributed by atoms with van der Waals surface area (Å²) in [7, 11) is -3.43. The third-order valence-corrected chi connectivity index (χ3v) is 8.13. The number of carbonyl (C=O) groups is 1. The molecule has 4 heterocycles. The summed E-state index contributed by atoms with van der Waals surface area (Å²) in [6.45, 7) is 6.26. The molecule has 0 spiro atoms. The van der Waals surface area contributed by atoms with Crippen LogP contribution in [0.4, 0.5) is 10.6 Å². The number of anilines is 1. The molecular weight excluding hydrogens is 440 g/mol. The summed E-state index contributed by atoms with van der Waals surface area (Å²) in [5.74, 6) is 0.470. The van der Waals surface area contributed by atoms with E-state index in [-0.39, 0.29) is 27.5 Å². The van der Waals surface area contributed by atoms with E-state index in [4.69, 9.17) is 11.6 Å². The summed E-state index contributed by atoms with van der Waals surface area (Å²) in [4.78, 5) is 22.5. The Morgan fingerprint density at radius 2 is 2.06 bits per heavy atom. The van der Waals surface area contributed by atoms with Crippen molar-refractivity contribution in [3.63, 3.8) is 0 Å². The van der Waals surface area contributed by atoms with Gasteiger partial charge in [0.2, 0.25) is 0 Å². The minimum atomic E-state index is -3.43. The first-order valence-corrected chi connectivity index (χ1v) is 12.5. The average Bonchev–Trinajstić information content (AvgIpc) is 2.89. The lowest BCUT2D eigenvalue weighted by Crippen LogP contribution is -2.63. The topological polar surface area (TPSA) is 112 Å². The number of aromatic nitrogens is 2. The van der Waals surface area contributed by atoms with Gasteiger partial charge >= 0.3 is 6.09 Å². The molecule has 0 radical (unpaired) electrons. The molecule has 4 rings (SSSR count). The number of rotatable bonds is 3. The largest absolute Gasteiger partial charge is 0.465 e. The molecule has 2 bridgehead atoms. The Bertz CT molecular complexity index is 1160. The van der Waals surface area contributed by atoms with Crippen LogP contribution in [0.2, 0.25) is 5.15 Å². The van der Waals surface area contributed by atoms with E-state index >= 15 is 0 Å². The fraction of sp³-hybridized carbons (Fsp3) is 0.571. The van der Waals surface area contributed by atoms with Crippen LogP contribution in [0.25, 0.3) is 10.9 Å². The summed E-state index contributed by atoms with van der Waals surface area (Å²) < 4.78 is 24.0. The van der Waals surface area contributed by atoms with Crippen LogP contribution in [0.15, 0.2) is 23.2 Å². The molecule has 0 aliphatic carbocycles. The number of pyridine rings is 2. The number of piperidine rings is 1. The number of hydrogen-bond acceptors (Lipinski definition) is 6. The number of carboxylic acid groups (broad SMARTS) is 1. The highest BCUT2D eigenvalue weighted by atomic mass is 35.5. The van der Waals surface area contributed by atoms with E-state index in [2.05, 4.69) is 36.1 Å². The van der Waals surface area contributed by atoms with Crippen LogP contribution < -0.4 is 5.32 Å². The Hall–Kier alpha value is -2.13. The van der Waals surface area contributed by atoms with E-state index in [9.17, 15) is 18.3 Å². The van der Waals surface area contributed by atoms with Crippen molar-refractivity contribution in [3.8, 4) is 0 Å². The normalized spacial score (nSPS) is 26.3. The molecule has 2 N–H and O–H groups in total. The van der Waals surface area contributed by atoms with E-state index < -0.39 is 21.5 Å². The highest BCUT2D eigenvalue weighted by Crippen LogP contribution is 2.53. The van der Waals surface area contributed by atoms with Crippen LogP contribution in [0.3, 0.4) is 0 Å². The second kappa shape index (κ2) is 7.20. The van der Waals surface area contributed by atoms with Crippen molar-refractivity contribution < 1.29 is 18.3 Å². The van der Waals surface area contributed by atoms with Gasteiger partial charge in [-0.3, -0.25) is 9.88 Å². The van der Waals surface area contributed by atoms with Gasteiger partial charge in [-0.25, -0.2) is 18.2 Å². The number of halogens is 1. The Morgan fingerprint density at radius 1 is 1.35 bits per heavy atom. The molecule has 2 saturated heterocycles. The predicted molar refractivity (Wildman–Crippen MR) is 119 cm³/mol. The van der Waals surface area contributed by atoms with Gasteiger partial charge in [-0.05, 0) is 37.2 Å². The van der Waals surface area contributed by atoms with Crippen LogP contribution in [0.5, 0.6) is 0 Å². The maximum atomic E-state index is 12.1. The zero-order valence-corrected chi connectivity index (χ0v) is 19.6. The van der Waals surface area contributed by atoms with Crippen molar-refractivity contribution in [2.24, 2.45) is 5.41 Å². The second-order valence-corrected chi connectivity index (χ2v) is 12.1. The minimum absolute atomic E-state index is 0.0293. The van der Waals surface area contributed by atoms with Gasteiger partial charge in [0.05, 0.1) is 16.0 Å². The summed E-state index contributed by atoms with van der Waals surface area (Å²) in [5, 5.41) is 14.2. The van der Waals surface area contributed by atoms with Crippen LogP contribution in [-0.4, -0.2) is 58.4 Å². The molecule has 2 aromatic rings. The molecule has 3 atom stereocenters. The number of amides is 1. The van der Waals surface area contributed by atoms with E-state index in [1.54, 1.807) is 17.0 Å². The number of nitrogens with zero attached hydrogens (tertiary/aromatic N) is 3. The molecule has 2 fully saturated rings. The van der Waals surface area contributed by atoms with Gasteiger partial charge in [-0.2, -0.15) is 0 Å². The maximum absolute atomic E-state index is 12.1. The number of nitrogens with one attached hydrogen (secondary N) is 1.